The summed E-state index contributed by atoms with van der Waals surface area (Å²) < 4.78 is 0. The molecule has 58 valence electrons. The minimum atomic E-state index is 0.635. The van der Waals surface area contributed by atoms with Gasteiger partial charge < -0.3 is 9.80 Å². The highest BCUT2D eigenvalue weighted by molar-refractivity contribution is 4.83. The Kier molecular flexibility index (Phi) is 2.33. The zero-order valence-electron chi connectivity index (χ0n) is 6.88. The second-order valence-corrected chi connectivity index (χ2v) is 3.03. The molecule has 1 aliphatic heterocycles. The van der Waals surface area contributed by atoms with Gasteiger partial charge in [-0.15, -0.1) is 0 Å². The summed E-state index contributed by atoms with van der Waals surface area (Å²) >= 11 is 0. The summed E-state index contributed by atoms with van der Waals surface area (Å²) in [6.45, 7) is 9.45. The van der Waals surface area contributed by atoms with Gasteiger partial charge in [0.15, 0.2) is 0 Å². The Bertz CT molecular complexity index is 122. The lowest BCUT2D eigenvalue weighted by molar-refractivity contribution is 0.144. The van der Waals surface area contributed by atoms with Crippen molar-refractivity contribution in [1.82, 2.24) is 9.80 Å². The maximum absolute atomic E-state index is 3.77. The first kappa shape index (κ1) is 7.61. The third kappa shape index (κ3) is 1.51. The Morgan fingerprint density at radius 1 is 1.50 bits per heavy atom. The van der Waals surface area contributed by atoms with Gasteiger partial charge in [0.05, 0.1) is 0 Å². The first-order valence-electron chi connectivity index (χ1n) is 3.81. The van der Waals surface area contributed by atoms with Gasteiger partial charge in [-0.05, 0) is 20.2 Å². The number of nitrogens with zero attached hydrogens (tertiary/aromatic N) is 2. The SMILES string of the molecule is C=CN1CCN(C)C[C@@H]1C. The molecule has 1 saturated heterocycles. The fourth-order valence-corrected chi connectivity index (χ4v) is 1.43. The van der Waals surface area contributed by atoms with Crippen LogP contribution < -0.4 is 0 Å². The van der Waals surface area contributed by atoms with Crippen LogP contribution in [-0.2, 0) is 0 Å². The van der Waals surface area contributed by atoms with Gasteiger partial charge in [0.1, 0.15) is 0 Å². The van der Waals surface area contributed by atoms with E-state index in [0.717, 1.165) is 19.6 Å². The molecule has 0 radical (unpaired) electrons. The quantitative estimate of drug-likeness (QED) is 0.530. The molecular formula is C8H16N2. The molecule has 1 aliphatic rings. The lowest BCUT2D eigenvalue weighted by Gasteiger charge is -2.37. The van der Waals surface area contributed by atoms with E-state index in [-0.39, 0.29) is 0 Å². The van der Waals surface area contributed by atoms with Gasteiger partial charge in [0, 0.05) is 25.7 Å². The largest absolute Gasteiger partial charge is 0.373 e. The van der Waals surface area contributed by atoms with Gasteiger partial charge in [-0.1, -0.05) is 6.58 Å². The highest BCUT2D eigenvalue weighted by atomic mass is 15.3. The van der Waals surface area contributed by atoms with Crippen molar-refractivity contribution < 1.29 is 0 Å². The van der Waals surface area contributed by atoms with Crippen LogP contribution in [0.15, 0.2) is 12.8 Å². The van der Waals surface area contributed by atoms with Crippen LogP contribution in [0.2, 0.25) is 0 Å². The second kappa shape index (κ2) is 3.06. The molecule has 10 heavy (non-hydrogen) atoms. The van der Waals surface area contributed by atoms with Crippen molar-refractivity contribution in [2.45, 2.75) is 13.0 Å². The average molecular weight is 140 g/mol. The van der Waals surface area contributed by atoms with Gasteiger partial charge in [0.2, 0.25) is 0 Å². The molecule has 1 rings (SSSR count). The summed E-state index contributed by atoms with van der Waals surface area (Å²) in [5.41, 5.74) is 0. The van der Waals surface area contributed by atoms with E-state index in [4.69, 9.17) is 0 Å². The Morgan fingerprint density at radius 3 is 2.70 bits per heavy atom. The van der Waals surface area contributed by atoms with Crippen molar-refractivity contribution in [2.24, 2.45) is 0 Å². The van der Waals surface area contributed by atoms with Gasteiger partial charge in [0.25, 0.3) is 0 Å². The van der Waals surface area contributed by atoms with E-state index in [1.165, 1.54) is 0 Å². The minimum Gasteiger partial charge on any atom is -0.373 e. The summed E-state index contributed by atoms with van der Waals surface area (Å²) in [4.78, 5) is 4.64. The first-order chi connectivity index (χ1) is 4.74. The molecule has 0 aromatic rings. The molecule has 1 fully saturated rings. The van der Waals surface area contributed by atoms with Crippen molar-refractivity contribution >= 4 is 0 Å². The van der Waals surface area contributed by atoms with E-state index in [1.807, 2.05) is 6.20 Å². The van der Waals surface area contributed by atoms with Crippen molar-refractivity contribution in [3.63, 3.8) is 0 Å². The fraction of sp³-hybridized carbons (Fsp3) is 0.750. The van der Waals surface area contributed by atoms with Gasteiger partial charge >= 0.3 is 0 Å². The topological polar surface area (TPSA) is 6.48 Å². The predicted molar refractivity (Wildman–Crippen MR) is 43.9 cm³/mol. The van der Waals surface area contributed by atoms with Gasteiger partial charge in [-0.2, -0.15) is 0 Å². The molecule has 0 saturated carbocycles. The molecule has 0 bridgehead atoms. The molecule has 1 atom stereocenters. The Morgan fingerprint density at radius 2 is 2.20 bits per heavy atom. The van der Waals surface area contributed by atoms with Crippen molar-refractivity contribution in [3.05, 3.63) is 12.8 Å². The van der Waals surface area contributed by atoms with Crippen LogP contribution in [0.4, 0.5) is 0 Å². The Balaban J connectivity index is 2.43. The molecule has 0 amide bonds. The highest BCUT2D eigenvalue weighted by Gasteiger charge is 2.17. The molecular weight excluding hydrogens is 124 g/mol. The molecule has 0 aliphatic carbocycles. The first-order valence-corrected chi connectivity index (χ1v) is 3.81. The summed E-state index contributed by atoms with van der Waals surface area (Å²) in [6, 6.07) is 0.635. The number of likely N-dealkylation sites (N-methyl/N-ethyl adjacent to an activating group) is 1. The van der Waals surface area contributed by atoms with Crippen LogP contribution in [-0.4, -0.2) is 42.5 Å². The van der Waals surface area contributed by atoms with Crippen LogP contribution in [0, 0.1) is 0 Å². The van der Waals surface area contributed by atoms with Crippen LogP contribution in [0.25, 0.3) is 0 Å². The molecule has 0 unspecified atom stereocenters. The normalized spacial score (nSPS) is 28.6. The second-order valence-electron chi connectivity index (χ2n) is 3.03. The van der Waals surface area contributed by atoms with Gasteiger partial charge in [-0.3, -0.25) is 0 Å². The zero-order valence-corrected chi connectivity index (χ0v) is 6.88. The van der Waals surface area contributed by atoms with Crippen molar-refractivity contribution in [1.29, 1.82) is 0 Å². The molecule has 1 heterocycles. The van der Waals surface area contributed by atoms with Gasteiger partial charge in [-0.25, -0.2) is 0 Å². The number of hydrogen-bond donors (Lipinski definition) is 0. The summed E-state index contributed by atoms with van der Waals surface area (Å²) in [7, 11) is 2.16. The monoisotopic (exact) mass is 140 g/mol. The Hall–Kier alpha value is -0.500. The number of rotatable bonds is 1. The lowest BCUT2D eigenvalue weighted by Crippen LogP contribution is -2.47. The Labute approximate surface area is 63.1 Å². The number of hydrogen-bond acceptors (Lipinski definition) is 2. The van der Waals surface area contributed by atoms with Crippen LogP contribution in [0.1, 0.15) is 6.92 Å². The standard InChI is InChI=1S/C8H16N2/c1-4-10-6-5-9(3)7-8(10)2/h4,8H,1,5-7H2,2-3H3/t8-/m0/s1. The van der Waals surface area contributed by atoms with E-state index >= 15 is 0 Å². The van der Waals surface area contributed by atoms with Crippen molar-refractivity contribution in [2.75, 3.05) is 26.7 Å². The van der Waals surface area contributed by atoms with E-state index in [9.17, 15) is 0 Å². The van der Waals surface area contributed by atoms with Crippen molar-refractivity contribution in [3.8, 4) is 0 Å². The molecule has 2 heteroatoms. The maximum Gasteiger partial charge on any atom is 0.0383 e. The minimum absolute atomic E-state index is 0.635. The molecule has 0 aromatic heterocycles. The van der Waals surface area contributed by atoms with Crippen LogP contribution in [0.3, 0.4) is 0 Å². The van der Waals surface area contributed by atoms with E-state index < -0.39 is 0 Å². The van der Waals surface area contributed by atoms with Crippen LogP contribution in [0.5, 0.6) is 0 Å². The smallest absolute Gasteiger partial charge is 0.0383 e. The zero-order chi connectivity index (χ0) is 7.56. The highest BCUT2D eigenvalue weighted by Crippen LogP contribution is 2.06. The van der Waals surface area contributed by atoms with E-state index in [2.05, 4.69) is 30.4 Å². The summed E-state index contributed by atoms with van der Waals surface area (Å²) in [5, 5.41) is 0. The van der Waals surface area contributed by atoms with E-state index in [1.54, 1.807) is 0 Å². The molecule has 0 spiro atoms. The fourth-order valence-electron chi connectivity index (χ4n) is 1.43. The van der Waals surface area contributed by atoms with E-state index in [0.29, 0.717) is 6.04 Å². The average Bonchev–Trinajstić information content (AvgIpc) is 1.88. The molecule has 0 aromatic carbocycles. The maximum atomic E-state index is 3.77. The molecule has 0 N–H and O–H groups in total. The lowest BCUT2D eigenvalue weighted by atomic mass is 10.2. The summed E-state index contributed by atoms with van der Waals surface area (Å²) in [6.07, 6.45) is 1.94. The third-order valence-corrected chi connectivity index (χ3v) is 2.12. The summed E-state index contributed by atoms with van der Waals surface area (Å²) in [5.74, 6) is 0. The molecule has 2 nitrogen and oxygen atoms in total. The van der Waals surface area contributed by atoms with Crippen LogP contribution >= 0.6 is 0 Å². The number of piperazine rings is 1. The predicted octanol–water partition coefficient (Wildman–Crippen LogP) is 0.766. The third-order valence-electron chi connectivity index (χ3n) is 2.12.